The highest BCUT2D eigenvalue weighted by Gasteiger charge is 2.52. The number of hydrogen-bond donors (Lipinski definition) is 2. The fourth-order valence-corrected chi connectivity index (χ4v) is 6.78. The molecule has 0 saturated carbocycles. The molecule has 5 rings (SSSR count). The number of aliphatic carboxylic acids is 1. The summed E-state index contributed by atoms with van der Waals surface area (Å²) in [6.07, 6.45) is 5.33. The number of thiophene rings is 1. The van der Waals surface area contributed by atoms with Crippen LogP contribution < -0.4 is 20.7 Å². The molecule has 2 aliphatic rings. The summed E-state index contributed by atoms with van der Waals surface area (Å²) in [6, 6.07) is 4.10. The van der Waals surface area contributed by atoms with E-state index in [9.17, 15) is 28.3 Å². The fourth-order valence-electron chi connectivity index (χ4n) is 4.15. The third-order valence-electron chi connectivity index (χ3n) is 5.84. The van der Waals surface area contributed by atoms with Gasteiger partial charge in [0.15, 0.2) is 23.6 Å². The first-order chi connectivity index (χ1) is 18.7. The van der Waals surface area contributed by atoms with Crippen LogP contribution in [0, 0.1) is 0 Å². The first-order valence-corrected chi connectivity index (χ1v) is 14.0. The van der Waals surface area contributed by atoms with Crippen LogP contribution in [-0.2, 0) is 25.8 Å². The molecule has 2 amide bonds. The van der Waals surface area contributed by atoms with Gasteiger partial charge in [-0.05, 0) is 29.7 Å². The van der Waals surface area contributed by atoms with Crippen LogP contribution in [0.2, 0.25) is 0 Å². The van der Waals surface area contributed by atoms with Gasteiger partial charge in [0.1, 0.15) is 11.7 Å². The largest absolute Gasteiger partial charge is 0.543 e. The normalized spacial score (nSPS) is 19.5. The van der Waals surface area contributed by atoms with E-state index >= 15 is 0 Å². The summed E-state index contributed by atoms with van der Waals surface area (Å²) in [5.41, 5.74) is 4.54. The number of nitrogens with zero attached hydrogens (tertiary/aromatic N) is 4. The van der Waals surface area contributed by atoms with Crippen molar-refractivity contribution in [1.29, 1.82) is 0 Å². The molecule has 3 aromatic rings. The maximum Gasteiger partial charge on any atom is 0.407 e. The van der Waals surface area contributed by atoms with Crippen molar-refractivity contribution >= 4 is 73.3 Å². The molecule has 2 atom stereocenters. The number of carbonyl (C=O) groups excluding carboxylic acids is 3. The van der Waals surface area contributed by atoms with Gasteiger partial charge >= 0.3 is 6.61 Å². The van der Waals surface area contributed by atoms with E-state index in [0.717, 1.165) is 26.5 Å². The molecule has 2 aliphatic heterocycles. The summed E-state index contributed by atoms with van der Waals surface area (Å²) < 4.78 is 27.1. The number of nitrogens with two attached hydrogens (primary N) is 1. The first kappa shape index (κ1) is 26.7. The lowest BCUT2D eigenvalue weighted by molar-refractivity contribution is -0.658. The Morgan fingerprint density at radius 3 is 2.92 bits per heavy atom. The number of nitrogen functional groups attached to an aromatic ring is 1. The molecule has 16 heteroatoms. The molecule has 2 unspecified atom stereocenters. The summed E-state index contributed by atoms with van der Waals surface area (Å²) in [5, 5.41) is 22.1. The summed E-state index contributed by atoms with van der Waals surface area (Å²) in [6.45, 7) is -2.82. The monoisotopic (exact) mass is 592 g/mol. The van der Waals surface area contributed by atoms with Crippen molar-refractivity contribution in [2.45, 2.75) is 25.2 Å². The van der Waals surface area contributed by atoms with Gasteiger partial charge in [-0.3, -0.25) is 9.59 Å². The molecule has 3 N–H and O–H groups in total. The fraction of sp³-hybridized carbons (Fsp3) is 0.217. The number of hydrogen-bond acceptors (Lipinski definition) is 11. The number of anilines is 1. The van der Waals surface area contributed by atoms with Gasteiger partial charge in [-0.1, -0.05) is 16.5 Å². The van der Waals surface area contributed by atoms with Crippen LogP contribution in [0.4, 0.5) is 13.9 Å². The Hall–Kier alpha value is -3.89. The molecule has 11 nitrogen and oxygen atoms in total. The number of allylic oxidation sites excluding steroid dienone is 2. The van der Waals surface area contributed by atoms with Crippen LogP contribution in [0.15, 0.2) is 63.1 Å². The number of nitrogens with one attached hydrogen (secondary N) is 1. The van der Waals surface area contributed by atoms with E-state index in [-0.39, 0.29) is 22.3 Å². The van der Waals surface area contributed by atoms with Gasteiger partial charge in [0.05, 0.1) is 23.1 Å². The number of rotatable bonds is 9. The number of carboxylic acids is 1. The van der Waals surface area contributed by atoms with Crippen LogP contribution in [0.3, 0.4) is 0 Å². The molecular formula is C23H18F2N6O5S3. The van der Waals surface area contributed by atoms with Crippen LogP contribution in [0.1, 0.15) is 5.69 Å². The smallest absolute Gasteiger partial charge is 0.407 e. The number of carboxylic acid groups (broad SMARTS) is 1. The second-order valence-electron chi connectivity index (χ2n) is 8.16. The number of aromatic nitrogens is 2. The lowest BCUT2D eigenvalue weighted by atomic mass is 9.94. The Bertz CT molecular complexity index is 1550. The Kier molecular flexibility index (Phi) is 7.58. The van der Waals surface area contributed by atoms with Crippen LogP contribution in [-0.4, -0.2) is 57.8 Å². The summed E-state index contributed by atoms with van der Waals surface area (Å²) in [7, 11) is 0. The average Bonchev–Trinajstić information content (AvgIpc) is 3.56. The van der Waals surface area contributed by atoms with Crippen molar-refractivity contribution in [2.75, 3.05) is 11.5 Å². The molecule has 0 aromatic carbocycles. The minimum atomic E-state index is -3.29. The van der Waals surface area contributed by atoms with Gasteiger partial charge in [0.2, 0.25) is 0 Å². The maximum atomic E-state index is 13.0. The zero-order chi connectivity index (χ0) is 27.7. The van der Waals surface area contributed by atoms with Crippen molar-refractivity contribution < 1.29 is 37.7 Å². The number of thioether (sulfide) groups is 1. The highest BCUT2D eigenvalue weighted by Crippen LogP contribution is 2.39. The third kappa shape index (κ3) is 5.35. The number of thiazole rings is 1. The topological polar surface area (TPSA) is 154 Å². The number of pyridine rings is 1. The van der Waals surface area contributed by atoms with E-state index in [4.69, 9.17) is 5.73 Å². The van der Waals surface area contributed by atoms with Crippen LogP contribution in [0.5, 0.6) is 0 Å². The molecule has 5 heterocycles. The average molecular weight is 593 g/mol. The number of fused-ring (bicyclic) bond motifs is 2. The SMILES string of the molecule is Nc1nc(C(=NOC(F)F)C(=O)NC2C(=O)N3C(C(=O)[O-])=C(/C=C/C[n+]4cccc5ccsc54)SCC23)cs1. The molecule has 0 radical (unpaired) electrons. The van der Waals surface area contributed by atoms with E-state index in [1.165, 1.54) is 17.1 Å². The van der Waals surface area contributed by atoms with Gasteiger partial charge in [-0.15, -0.1) is 23.1 Å². The van der Waals surface area contributed by atoms with Gasteiger partial charge in [-0.2, -0.15) is 13.3 Å². The molecule has 3 aromatic heterocycles. The Labute approximate surface area is 231 Å². The zero-order valence-corrected chi connectivity index (χ0v) is 22.1. The number of alkyl halides is 2. The molecule has 0 bridgehead atoms. The predicted molar refractivity (Wildman–Crippen MR) is 138 cm³/mol. The number of β-lactam (4-membered cyclic amide) rings is 1. The lowest BCUT2D eigenvalue weighted by Gasteiger charge is -2.50. The van der Waals surface area contributed by atoms with Crippen molar-refractivity contribution in [3.05, 3.63) is 63.6 Å². The molecule has 202 valence electrons. The molecule has 1 fully saturated rings. The quantitative estimate of drug-likeness (QED) is 0.160. The van der Waals surface area contributed by atoms with Gasteiger partial charge < -0.3 is 30.7 Å². The number of oxime groups is 1. The highest BCUT2D eigenvalue weighted by atomic mass is 32.2. The second-order valence-corrected chi connectivity index (χ2v) is 11.0. The van der Waals surface area contributed by atoms with Crippen molar-refractivity contribution in [2.24, 2.45) is 5.16 Å². The van der Waals surface area contributed by atoms with E-state index in [1.807, 2.05) is 34.3 Å². The van der Waals surface area contributed by atoms with Crippen molar-refractivity contribution in [3.63, 3.8) is 0 Å². The highest BCUT2D eigenvalue weighted by molar-refractivity contribution is 8.03. The number of halogens is 2. The van der Waals surface area contributed by atoms with Gasteiger partial charge in [0, 0.05) is 22.1 Å². The van der Waals surface area contributed by atoms with E-state index in [1.54, 1.807) is 23.5 Å². The van der Waals surface area contributed by atoms with Crippen molar-refractivity contribution in [3.8, 4) is 0 Å². The lowest BCUT2D eigenvalue weighted by Crippen LogP contribution is -2.73. The molecular weight excluding hydrogens is 574 g/mol. The van der Waals surface area contributed by atoms with Crippen LogP contribution in [0.25, 0.3) is 10.2 Å². The van der Waals surface area contributed by atoms with E-state index < -0.39 is 42.2 Å². The minimum absolute atomic E-state index is 0.0620. The molecule has 0 spiro atoms. The van der Waals surface area contributed by atoms with Crippen molar-refractivity contribution in [1.82, 2.24) is 15.2 Å². The number of carbonyl (C=O) groups is 3. The summed E-state index contributed by atoms with van der Waals surface area (Å²) >= 11 is 3.73. The summed E-state index contributed by atoms with van der Waals surface area (Å²) in [4.78, 5) is 48.1. The predicted octanol–water partition coefficient (Wildman–Crippen LogP) is 0.831. The minimum Gasteiger partial charge on any atom is -0.543 e. The maximum absolute atomic E-state index is 13.0. The standard InChI is InChI=1S/C23H18F2N6O5S3/c24-22(25)36-29-15(12-9-39-23(26)27-12)18(32)28-16-13-10-38-14(17(21(34)35)31(13)19(16)33)4-2-7-30-6-1-3-11-5-8-37-20(11)30/h1-6,8-9,13,16,22H,7,10H2,(H3-,26,27,28,32,34,35)/b4-2+,29-15?. The van der Waals surface area contributed by atoms with E-state index in [0.29, 0.717) is 11.4 Å². The third-order valence-corrected chi connectivity index (χ3v) is 8.62. The molecule has 1 saturated heterocycles. The van der Waals surface area contributed by atoms with Gasteiger partial charge in [-0.25, -0.2) is 4.98 Å². The zero-order valence-electron chi connectivity index (χ0n) is 19.7. The van der Waals surface area contributed by atoms with Crippen LogP contribution >= 0.6 is 34.4 Å². The van der Waals surface area contributed by atoms with Gasteiger partial charge in [0.25, 0.3) is 16.6 Å². The molecule has 39 heavy (non-hydrogen) atoms. The Balaban J connectivity index is 1.32. The Morgan fingerprint density at radius 1 is 1.38 bits per heavy atom. The Morgan fingerprint density at radius 2 is 2.21 bits per heavy atom. The second kappa shape index (κ2) is 11.1. The number of amides is 2. The van der Waals surface area contributed by atoms with E-state index in [2.05, 4.69) is 20.3 Å². The molecule has 0 aliphatic carbocycles. The summed E-state index contributed by atoms with van der Waals surface area (Å²) in [5.74, 6) is -2.97. The first-order valence-electron chi connectivity index (χ1n) is 11.2.